The van der Waals surface area contributed by atoms with E-state index in [2.05, 4.69) is 31.2 Å². The van der Waals surface area contributed by atoms with Crippen LogP contribution in [0.2, 0.25) is 0 Å². The number of aromatic amines is 1. The highest BCUT2D eigenvalue weighted by molar-refractivity contribution is 9.10. The smallest absolute Gasteiger partial charge is 0.267 e. The van der Waals surface area contributed by atoms with Crippen LogP contribution in [0.1, 0.15) is 5.56 Å². The molecule has 4 nitrogen and oxygen atoms in total. The van der Waals surface area contributed by atoms with Gasteiger partial charge in [0.1, 0.15) is 16.1 Å². The first-order chi connectivity index (χ1) is 8.68. The van der Waals surface area contributed by atoms with Gasteiger partial charge in [0.05, 0.1) is 6.33 Å². The summed E-state index contributed by atoms with van der Waals surface area (Å²) in [6.45, 7) is 0.496. The average molecular weight is 312 g/mol. The first-order valence-electron chi connectivity index (χ1n) is 5.39. The number of rotatable bonds is 4. The number of hydrogen-bond donors (Lipinski definition) is 2. The minimum absolute atomic E-state index is 0.225. The molecule has 1 heterocycles. The quantitative estimate of drug-likeness (QED) is 0.911. The monoisotopic (exact) mass is 311 g/mol. The minimum Gasteiger partial charge on any atom is -0.369 e. The van der Waals surface area contributed by atoms with Gasteiger partial charge in [-0.05, 0) is 34.0 Å². The lowest BCUT2D eigenvalue weighted by Crippen LogP contribution is -2.14. The second kappa shape index (κ2) is 5.77. The molecule has 6 heteroatoms. The molecule has 2 rings (SSSR count). The van der Waals surface area contributed by atoms with Crippen molar-refractivity contribution in [3.05, 3.63) is 56.8 Å². The number of anilines is 1. The van der Waals surface area contributed by atoms with Crippen LogP contribution in [0.4, 0.5) is 10.2 Å². The summed E-state index contributed by atoms with van der Waals surface area (Å²) >= 11 is 3.14. The van der Waals surface area contributed by atoms with E-state index in [0.29, 0.717) is 28.8 Å². The molecule has 1 aromatic heterocycles. The van der Waals surface area contributed by atoms with Crippen molar-refractivity contribution in [2.24, 2.45) is 0 Å². The van der Waals surface area contributed by atoms with E-state index in [0.717, 1.165) is 0 Å². The maximum Gasteiger partial charge on any atom is 0.267 e. The van der Waals surface area contributed by atoms with Crippen molar-refractivity contribution in [1.82, 2.24) is 9.97 Å². The van der Waals surface area contributed by atoms with Crippen molar-refractivity contribution in [2.75, 3.05) is 11.9 Å². The van der Waals surface area contributed by atoms with Gasteiger partial charge in [-0.2, -0.15) is 0 Å². The number of H-pyrrole nitrogens is 1. The SMILES string of the molecule is O=c1[nH]cnc(NCCc2ccccc2F)c1Br. The van der Waals surface area contributed by atoms with E-state index in [4.69, 9.17) is 0 Å². The summed E-state index contributed by atoms with van der Waals surface area (Å²) < 4.78 is 13.7. The van der Waals surface area contributed by atoms with E-state index in [1.165, 1.54) is 12.4 Å². The second-order valence-electron chi connectivity index (χ2n) is 3.66. The van der Waals surface area contributed by atoms with Crippen LogP contribution >= 0.6 is 15.9 Å². The van der Waals surface area contributed by atoms with Crippen LogP contribution in [0.5, 0.6) is 0 Å². The third-order valence-electron chi connectivity index (χ3n) is 2.44. The Kier molecular flexibility index (Phi) is 4.09. The maximum atomic E-state index is 13.4. The lowest BCUT2D eigenvalue weighted by Gasteiger charge is -2.07. The molecule has 0 amide bonds. The van der Waals surface area contributed by atoms with Gasteiger partial charge in [0, 0.05) is 6.54 Å². The Morgan fingerprint density at radius 3 is 2.94 bits per heavy atom. The van der Waals surface area contributed by atoms with Crippen LogP contribution in [0, 0.1) is 5.82 Å². The molecule has 94 valence electrons. The van der Waals surface area contributed by atoms with Crippen molar-refractivity contribution in [1.29, 1.82) is 0 Å². The Morgan fingerprint density at radius 2 is 2.17 bits per heavy atom. The van der Waals surface area contributed by atoms with Crippen molar-refractivity contribution in [2.45, 2.75) is 6.42 Å². The number of benzene rings is 1. The third kappa shape index (κ3) is 2.95. The fraction of sp³-hybridized carbons (Fsp3) is 0.167. The van der Waals surface area contributed by atoms with Gasteiger partial charge in [-0.3, -0.25) is 4.79 Å². The molecule has 0 atom stereocenters. The third-order valence-corrected chi connectivity index (χ3v) is 3.18. The van der Waals surface area contributed by atoms with Crippen LogP contribution < -0.4 is 10.9 Å². The molecule has 0 radical (unpaired) electrons. The molecule has 0 bridgehead atoms. The standard InChI is InChI=1S/C12H11BrFN3O/c13-10-11(16-7-17-12(10)18)15-6-5-8-3-1-2-4-9(8)14/h1-4,7H,5-6H2,(H2,15,16,17,18). The lowest BCUT2D eigenvalue weighted by atomic mass is 10.1. The van der Waals surface area contributed by atoms with E-state index in [1.54, 1.807) is 18.2 Å². The van der Waals surface area contributed by atoms with E-state index in [-0.39, 0.29) is 11.4 Å². The van der Waals surface area contributed by atoms with Crippen LogP contribution in [-0.4, -0.2) is 16.5 Å². The molecule has 1 aromatic carbocycles. The molecular weight excluding hydrogens is 301 g/mol. The molecular formula is C12H11BrFN3O. The summed E-state index contributed by atoms with van der Waals surface area (Å²) in [5.74, 6) is 0.229. The predicted octanol–water partition coefficient (Wildman–Crippen LogP) is 2.33. The summed E-state index contributed by atoms with van der Waals surface area (Å²) in [6, 6.07) is 6.61. The summed E-state index contributed by atoms with van der Waals surface area (Å²) in [7, 11) is 0. The van der Waals surface area contributed by atoms with Gasteiger partial charge in [-0.15, -0.1) is 0 Å². The van der Waals surface area contributed by atoms with Gasteiger partial charge in [0.15, 0.2) is 0 Å². The summed E-state index contributed by atoms with van der Waals surface area (Å²) in [6.07, 6.45) is 1.84. The van der Waals surface area contributed by atoms with Gasteiger partial charge in [0.2, 0.25) is 0 Å². The zero-order valence-corrected chi connectivity index (χ0v) is 11.0. The fourth-order valence-corrected chi connectivity index (χ4v) is 1.88. The van der Waals surface area contributed by atoms with Crippen molar-refractivity contribution in [3.8, 4) is 0 Å². The minimum atomic E-state index is -0.251. The number of hydrogen-bond acceptors (Lipinski definition) is 3. The molecule has 0 fully saturated rings. The predicted molar refractivity (Wildman–Crippen MR) is 71.2 cm³/mol. The molecule has 0 saturated heterocycles. The first kappa shape index (κ1) is 12.8. The van der Waals surface area contributed by atoms with E-state index < -0.39 is 0 Å². The highest BCUT2D eigenvalue weighted by Crippen LogP contribution is 2.13. The van der Waals surface area contributed by atoms with Crippen LogP contribution in [0.15, 0.2) is 39.9 Å². The number of aromatic nitrogens is 2. The highest BCUT2D eigenvalue weighted by Gasteiger charge is 2.05. The molecule has 0 aliphatic carbocycles. The number of nitrogens with one attached hydrogen (secondary N) is 2. The van der Waals surface area contributed by atoms with Crippen LogP contribution in [0.3, 0.4) is 0 Å². The Morgan fingerprint density at radius 1 is 1.39 bits per heavy atom. The van der Waals surface area contributed by atoms with Crippen LogP contribution in [-0.2, 0) is 6.42 Å². The zero-order valence-electron chi connectivity index (χ0n) is 9.41. The average Bonchev–Trinajstić information content (AvgIpc) is 2.37. The molecule has 0 aliphatic heterocycles. The maximum absolute atomic E-state index is 13.4. The van der Waals surface area contributed by atoms with Gasteiger partial charge < -0.3 is 10.3 Å². The fourth-order valence-electron chi connectivity index (χ4n) is 1.52. The largest absolute Gasteiger partial charge is 0.369 e. The Balaban J connectivity index is 1.99. The summed E-state index contributed by atoms with van der Waals surface area (Å²) in [5, 5.41) is 2.98. The normalized spacial score (nSPS) is 10.3. The first-order valence-corrected chi connectivity index (χ1v) is 6.18. The van der Waals surface area contributed by atoms with E-state index in [9.17, 15) is 9.18 Å². The summed E-state index contributed by atoms with van der Waals surface area (Å²) in [5.41, 5.74) is 0.379. The van der Waals surface area contributed by atoms with Crippen LogP contribution in [0.25, 0.3) is 0 Å². The van der Waals surface area contributed by atoms with E-state index >= 15 is 0 Å². The van der Waals surface area contributed by atoms with Gasteiger partial charge >= 0.3 is 0 Å². The Labute approximate surface area is 111 Å². The van der Waals surface area contributed by atoms with Gasteiger partial charge in [0.25, 0.3) is 5.56 Å². The summed E-state index contributed by atoms with van der Waals surface area (Å²) in [4.78, 5) is 17.7. The molecule has 2 N–H and O–H groups in total. The van der Waals surface area contributed by atoms with E-state index in [1.807, 2.05) is 0 Å². The van der Waals surface area contributed by atoms with Gasteiger partial charge in [-0.25, -0.2) is 9.37 Å². The molecule has 18 heavy (non-hydrogen) atoms. The number of halogens is 2. The highest BCUT2D eigenvalue weighted by atomic mass is 79.9. The number of nitrogens with zero attached hydrogens (tertiary/aromatic N) is 1. The molecule has 0 unspecified atom stereocenters. The molecule has 0 spiro atoms. The second-order valence-corrected chi connectivity index (χ2v) is 4.46. The molecule has 2 aromatic rings. The molecule has 0 saturated carbocycles. The Bertz CT molecular complexity index is 600. The Hall–Kier alpha value is -1.69. The van der Waals surface area contributed by atoms with Crippen molar-refractivity contribution in [3.63, 3.8) is 0 Å². The zero-order chi connectivity index (χ0) is 13.0. The molecule has 0 aliphatic rings. The van der Waals surface area contributed by atoms with Gasteiger partial charge in [-0.1, -0.05) is 18.2 Å². The van der Waals surface area contributed by atoms with Crippen molar-refractivity contribution < 1.29 is 4.39 Å². The van der Waals surface area contributed by atoms with Crippen molar-refractivity contribution >= 4 is 21.7 Å². The lowest BCUT2D eigenvalue weighted by molar-refractivity contribution is 0.610. The topological polar surface area (TPSA) is 57.8 Å².